The average molecular weight is 401 g/mol. The number of nitrogens with zero attached hydrogens (tertiary/aromatic N) is 1. The first-order valence-corrected chi connectivity index (χ1v) is 10.1. The smallest absolute Gasteiger partial charge is 0.255 e. The Kier molecular flexibility index (Phi) is 6.36. The molecule has 0 radical (unpaired) electrons. The number of aromatic nitrogens is 1. The maximum atomic E-state index is 12.5. The molecule has 140 valence electrons. The standard InChI is InChI=1S/C20H20N2O3S2/c1-13-11-26-20(21-13)27-12-14-4-6-15(7-5-14)19(23)22-17-9-8-16(24-2)10-18(17)25-3/h4-11H,12H2,1-3H3,(H,22,23). The van der Waals surface area contributed by atoms with Gasteiger partial charge in [-0.2, -0.15) is 0 Å². The van der Waals surface area contributed by atoms with Crippen LogP contribution in [0.1, 0.15) is 21.6 Å². The van der Waals surface area contributed by atoms with Gasteiger partial charge in [0.25, 0.3) is 5.91 Å². The fourth-order valence-corrected chi connectivity index (χ4v) is 4.20. The van der Waals surface area contributed by atoms with E-state index < -0.39 is 0 Å². The van der Waals surface area contributed by atoms with Crippen LogP contribution < -0.4 is 14.8 Å². The van der Waals surface area contributed by atoms with Gasteiger partial charge in [-0.3, -0.25) is 4.79 Å². The van der Waals surface area contributed by atoms with Crippen LogP contribution in [0.3, 0.4) is 0 Å². The molecule has 0 fully saturated rings. The number of rotatable bonds is 7. The summed E-state index contributed by atoms with van der Waals surface area (Å²) in [6.07, 6.45) is 0. The number of amides is 1. The van der Waals surface area contributed by atoms with E-state index in [1.54, 1.807) is 55.5 Å². The van der Waals surface area contributed by atoms with Gasteiger partial charge in [-0.15, -0.1) is 11.3 Å². The van der Waals surface area contributed by atoms with Crippen LogP contribution in [0.25, 0.3) is 0 Å². The number of carbonyl (C=O) groups is 1. The number of thiazole rings is 1. The number of hydrogen-bond acceptors (Lipinski definition) is 6. The van der Waals surface area contributed by atoms with Crippen LogP contribution in [0.4, 0.5) is 5.69 Å². The first-order valence-electron chi connectivity index (χ1n) is 8.26. The van der Waals surface area contributed by atoms with Gasteiger partial charge in [0.2, 0.25) is 0 Å². The normalized spacial score (nSPS) is 10.5. The lowest BCUT2D eigenvalue weighted by Gasteiger charge is -2.12. The third-order valence-corrected chi connectivity index (χ3v) is 6.04. The molecule has 27 heavy (non-hydrogen) atoms. The Labute approximate surface area is 166 Å². The van der Waals surface area contributed by atoms with Crippen molar-refractivity contribution in [2.75, 3.05) is 19.5 Å². The highest BCUT2D eigenvalue weighted by atomic mass is 32.2. The van der Waals surface area contributed by atoms with Crippen molar-refractivity contribution in [1.29, 1.82) is 0 Å². The van der Waals surface area contributed by atoms with E-state index in [1.807, 2.05) is 36.6 Å². The molecule has 1 heterocycles. The molecule has 0 saturated heterocycles. The fraction of sp³-hybridized carbons (Fsp3) is 0.200. The largest absolute Gasteiger partial charge is 0.497 e. The molecule has 1 N–H and O–H groups in total. The van der Waals surface area contributed by atoms with Gasteiger partial charge in [0, 0.05) is 28.5 Å². The number of carbonyl (C=O) groups excluding carboxylic acids is 1. The lowest BCUT2D eigenvalue weighted by molar-refractivity contribution is 0.102. The highest BCUT2D eigenvalue weighted by Crippen LogP contribution is 2.30. The minimum atomic E-state index is -0.187. The SMILES string of the molecule is COc1ccc(NC(=O)c2ccc(CSc3nc(C)cs3)cc2)c(OC)c1. The third kappa shape index (κ3) is 5.02. The van der Waals surface area contributed by atoms with Gasteiger partial charge in [-0.05, 0) is 36.8 Å². The van der Waals surface area contributed by atoms with E-state index in [2.05, 4.69) is 10.3 Å². The number of methoxy groups -OCH3 is 2. The summed E-state index contributed by atoms with van der Waals surface area (Å²) in [6.45, 7) is 1.99. The van der Waals surface area contributed by atoms with Gasteiger partial charge in [-0.1, -0.05) is 23.9 Å². The number of ether oxygens (including phenoxy) is 2. The van der Waals surface area contributed by atoms with Crippen LogP contribution >= 0.6 is 23.1 Å². The van der Waals surface area contributed by atoms with Crippen molar-refractivity contribution in [2.24, 2.45) is 0 Å². The molecule has 0 aliphatic rings. The summed E-state index contributed by atoms with van der Waals surface area (Å²) in [7, 11) is 3.14. The summed E-state index contributed by atoms with van der Waals surface area (Å²) in [5.41, 5.74) is 3.38. The van der Waals surface area contributed by atoms with Crippen molar-refractivity contribution in [3.63, 3.8) is 0 Å². The Hall–Kier alpha value is -2.51. The zero-order valence-electron chi connectivity index (χ0n) is 15.3. The second kappa shape index (κ2) is 8.92. The third-order valence-electron chi connectivity index (χ3n) is 3.83. The number of anilines is 1. The molecule has 1 amide bonds. The van der Waals surface area contributed by atoms with Crippen molar-refractivity contribution in [1.82, 2.24) is 4.98 Å². The number of aryl methyl sites for hydroxylation is 1. The molecule has 0 aliphatic heterocycles. The van der Waals surface area contributed by atoms with Gasteiger partial charge in [0.1, 0.15) is 15.8 Å². The first-order chi connectivity index (χ1) is 13.1. The van der Waals surface area contributed by atoms with Crippen LogP contribution in [0.2, 0.25) is 0 Å². The minimum absolute atomic E-state index is 0.187. The highest BCUT2D eigenvalue weighted by molar-refractivity contribution is 8.00. The van der Waals surface area contributed by atoms with Crippen LogP contribution in [0.15, 0.2) is 52.2 Å². The zero-order valence-corrected chi connectivity index (χ0v) is 16.9. The Bertz CT molecular complexity index is 923. The summed E-state index contributed by atoms with van der Waals surface area (Å²) in [4.78, 5) is 17.0. The van der Waals surface area contributed by atoms with Crippen LogP contribution in [-0.4, -0.2) is 25.1 Å². The quantitative estimate of drug-likeness (QED) is 0.565. The number of benzene rings is 2. The molecule has 0 bridgehead atoms. The fourth-order valence-electron chi connectivity index (χ4n) is 2.39. The van der Waals surface area contributed by atoms with E-state index >= 15 is 0 Å². The molecule has 7 heteroatoms. The van der Waals surface area contributed by atoms with Gasteiger partial charge in [0.15, 0.2) is 0 Å². The molecule has 0 spiro atoms. The predicted octanol–water partition coefficient (Wildman–Crippen LogP) is 5.01. The second-order valence-corrected chi connectivity index (χ2v) is 7.84. The Morgan fingerprint density at radius 1 is 1.15 bits per heavy atom. The molecule has 0 atom stereocenters. The maximum absolute atomic E-state index is 12.5. The van der Waals surface area contributed by atoms with E-state index in [-0.39, 0.29) is 5.91 Å². The van der Waals surface area contributed by atoms with E-state index in [1.165, 1.54) is 0 Å². The molecule has 2 aromatic carbocycles. The summed E-state index contributed by atoms with van der Waals surface area (Å²) in [5.74, 6) is 1.85. The van der Waals surface area contributed by atoms with E-state index in [9.17, 15) is 4.79 Å². The lowest BCUT2D eigenvalue weighted by Crippen LogP contribution is -2.12. The molecular formula is C20H20N2O3S2. The number of hydrogen-bond donors (Lipinski definition) is 1. The Morgan fingerprint density at radius 3 is 2.56 bits per heavy atom. The Balaban J connectivity index is 1.63. The number of thioether (sulfide) groups is 1. The van der Waals surface area contributed by atoms with Gasteiger partial charge in [0.05, 0.1) is 19.9 Å². The minimum Gasteiger partial charge on any atom is -0.497 e. The summed E-state index contributed by atoms with van der Waals surface area (Å²) in [6, 6.07) is 12.9. The van der Waals surface area contributed by atoms with Crippen molar-refractivity contribution in [2.45, 2.75) is 17.0 Å². The monoisotopic (exact) mass is 400 g/mol. The van der Waals surface area contributed by atoms with Crippen molar-refractivity contribution >= 4 is 34.7 Å². The molecule has 3 aromatic rings. The topological polar surface area (TPSA) is 60.5 Å². The van der Waals surface area contributed by atoms with Crippen molar-refractivity contribution < 1.29 is 14.3 Å². The van der Waals surface area contributed by atoms with Gasteiger partial charge >= 0.3 is 0 Å². The van der Waals surface area contributed by atoms with E-state index in [0.717, 1.165) is 21.3 Å². The second-order valence-electron chi connectivity index (χ2n) is 5.76. The zero-order chi connectivity index (χ0) is 19.2. The highest BCUT2D eigenvalue weighted by Gasteiger charge is 2.11. The van der Waals surface area contributed by atoms with Crippen LogP contribution in [-0.2, 0) is 5.75 Å². The van der Waals surface area contributed by atoms with Crippen molar-refractivity contribution in [3.05, 3.63) is 64.7 Å². The molecular weight excluding hydrogens is 380 g/mol. The summed E-state index contributed by atoms with van der Waals surface area (Å²) >= 11 is 3.35. The molecule has 0 aliphatic carbocycles. The average Bonchev–Trinajstić information content (AvgIpc) is 3.12. The first kappa shape index (κ1) is 19.3. The Morgan fingerprint density at radius 2 is 1.93 bits per heavy atom. The van der Waals surface area contributed by atoms with E-state index in [0.29, 0.717) is 22.7 Å². The van der Waals surface area contributed by atoms with Crippen LogP contribution in [0, 0.1) is 6.92 Å². The van der Waals surface area contributed by atoms with Crippen LogP contribution in [0.5, 0.6) is 11.5 Å². The van der Waals surface area contributed by atoms with E-state index in [4.69, 9.17) is 9.47 Å². The lowest BCUT2D eigenvalue weighted by atomic mass is 10.1. The van der Waals surface area contributed by atoms with Gasteiger partial charge < -0.3 is 14.8 Å². The van der Waals surface area contributed by atoms with Crippen molar-refractivity contribution in [3.8, 4) is 11.5 Å². The predicted molar refractivity (Wildman–Crippen MR) is 110 cm³/mol. The molecule has 3 rings (SSSR count). The molecule has 0 saturated carbocycles. The summed E-state index contributed by atoms with van der Waals surface area (Å²) < 4.78 is 11.5. The molecule has 0 unspecified atom stereocenters. The number of nitrogens with one attached hydrogen (secondary N) is 1. The maximum Gasteiger partial charge on any atom is 0.255 e. The molecule has 1 aromatic heterocycles. The van der Waals surface area contributed by atoms with Gasteiger partial charge in [-0.25, -0.2) is 4.98 Å². The summed E-state index contributed by atoms with van der Waals surface area (Å²) in [5, 5.41) is 4.92. The molecule has 5 nitrogen and oxygen atoms in total.